The number of rotatable bonds is 4. The van der Waals surface area contributed by atoms with Crippen LogP contribution in [0.25, 0.3) is 0 Å². The van der Waals surface area contributed by atoms with Crippen LogP contribution >= 0.6 is 0 Å². The Hall–Kier alpha value is -2.27. The number of pyridine rings is 1. The van der Waals surface area contributed by atoms with E-state index in [1.165, 1.54) is 0 Å². The van der Waals surface area contributed by atoms with Crippen LogP contribution < -0.4 is 14.8 Å². The molecule has 5 nitrogen and oxygen atoms in total. The summed E-state index contributed by atoms with van der Waals surface area (Å²) in [4.78, 5) is 4.00. The standard InChI is InChI=1S/C15H16N2O3/c1-10(11-2-4-16-5-3-11)17-8-12-6-14-15(7-13(12)18)20-9-19-14/h2-7,10,17-18H,8-9H2,1H3. The summed E-state index contributed by atoms with van der Waals surface area (Å²) in [5.74, 6) is 1.48. The number of ether oxygens (including phenoxy) is 2. The van der Waals surface area contributed by atoms with Crippen molar-refractivity contribution < 1.29 is 14.6 Å². The van der Waals surface area contributed by atoms with Gasteiger partial charge in [-0.1, -0.05) is 0 Å². The van der Waals surface area contributed by atoms with Crippen LogP contribution in [0.3, 0.4) is 0 Å². The van der Waals surface area contributed by atoms with Crippen LogP contribution in [-0.4, -0.2) is 16.9 Å². The van der Waals surface area contributed by atoms with Gasteiger partial charge in [0.05, 0.1) is 0 Å². The van der Waals surface area contributed by atoms with Gasteiger partial charge in [0.1, 0.15) is 5.75 Å². The number of aromatic nitrogens is 1. The molecule has 1 aliphatic rings. The fourth-order valence-electron chi connectivity index (χ4n) is 2.15. The summed E-state index contributed by atoms with van der Waals surface area (Å²) in [7, 11) is 0. The van der Waals surface area contributed by atoms with E-state index in [1.807, 2.05) is 18.2 Å². The Morgan fingerprint density at radius 2 is 1.95 bits per heavy atom. The van der Waals surface area contributed by atoms with E-state index in [1.54, 1.807) is 18.5 Å². The highest BCUT2D eigenvalue weighted by Gasteiger charge is 2.17. The maximum Gasteiger partial charge on any atom is 0.231 e. The first-order chi connectivity index (χ1) is 9.74. The molecule has 20 heavy (non-hydrogen) atoms. The van der Waals surface area contributed by atoms with Gasteiger partial charge in [0.2, 0.25) is 6.79 Å². The molecule has 2 aromatic rings. The van der Waals surface area contributed by atoms with Gasteiger partial charge in [-0.15, -0.1) is 0 Å². The molecule has 0 saturated heterocycles. The van der Waals surface area contributed by atoms with Crippen molar-refractivity contribution in [2.75, 3.05) is 6.79 Å². The van der Waals surface area contributed by atoms with Gasteiger partial charge in [-0.3, -0.25) is 4.98 Å². The largest absolute Gasteiger partial charge is 0.507 e. The van der Waals surface area contributed by atoms with E-state index in [-0.39, 0.29) is 18.6 Å². The topological polar surface area (TPSA) is 63.6 Å². The van der Waals surface area contributed by atoms with Crippen LogP contribution in [-0.2, 0) is 6.54 Å². The second-order valence-electron chi connectivity index (χ2n) is 4.72. The lowest BCUT2D eigenvalue weighted by Gasteiger charge is -2.15. The monoisotopic (exact) mass is 272 g/mol. The molecule has 0 bridgehead atoms. The zero-order valence-corrected chi connectivity index (χ0v) is 11.2. The lowest BCUT2D eigenvalue weighted by molar-refractivity contribution is 0.174. The van der Waals surface area contributed by atoms with Crippen LogP contribution in [0.5, 0.6) is 17.2 Å². The molecule has 0 radical (unpaired) electrons. The van der Waals surface area contributed by atoms with Gasteiger partial charge >= 0.3 is 0 Å². The number of nitrogens with one attached hydrogen (secondary N) is 1. The number of hydrogen-bond acceptors (Lipinski definition) is 5. The maximum atomic E-state index is 9.97. The first kappa shape index (κ1) is 12.7. The minimum Gasteiger partial charge on any atom is -0.507 e. The second kappa shape index (κ2) is 5.38. The quantitative estimate of drug-likeness (QED) is 0.894. The van der Waals surface area contributed by atoms with Crippen molar-refractivity contribution >= 4 is 0 Å². The molecule has 0 aliphatic carbocycles. The summed E-state index contributed by atoms with van der Waals surface area (Å²) in [5, 5.41) is 13.3. The van der Waals surface area contributed by atoms with E-state index in [0.29, 0.717) is 18.0 Å². The highest BCUT2D eigenvalue weighted by Crippen LogP contribution is 2.37. The Morgan fingerprint density at radius 1 is 1.25 bits per heavy atom. The average molecular weight is 272 g/mol. The fourth-order valence-corrected chi connectivity index (χ4v) is 2.15. The molecule has 1 unspecified atom stereocenters. The van der Waals surface area contributed by atoms with E-state index in [0.717, 1.165) is 11.1 Å². The number of phenols is 1. The second-order valence-corrected chi connectivity index (χ2v) is 4.72. The SMILES string of the molecule is CC(NCc1cc2c(cc1O)OCO2)c1ccncc1. The molecule has 3 rings (SSSR count). The normalized spacial score (nSPS) is 14.2. The predicted molar refractivity (Wildman–Crippen MR) is 73.7 cm³/mol. The van der Waals surface area contributed by atoms with E-state index < -0.39 is 0 Å². The zero-order chi connectivity index (χ0) is 13.9. The first-order valence-electron chi connectivity index (χ1n) is 6.49. The highest BCUT2D eigenvalue weighted by atomic mass is 16.7. The highest BCUT2D eigenvalue weighted by molar-refractivity contribution is 5.51. The van der Waals surface area contributed by atoms with Gasteiger partial charge in [-0.05, 0) is 30.7 Å². The van der Waals surface area contributed by atoms with E-state index in [2.05, 4.69) is 17.2 Å². The molecule has 1 aromatic heterocycles. The van der Waals surface area contributed by atoms with Crippen molar-refractivity contribution in [1.29, 1.82) is 0 Å². The fraction of sp³-hybridized carbons (Fsp3) is 0.267. The van der Waals surface area contributed by atoms with Gasteiger partial charge in [-0.2, -0.15) is 0 Å². The van der Waals surface area contributed by atoms with Gasteiger partial charge in [0.15, 0.2) is 11.5 Å². The third kappa shape index (κ3) is 2.53. The summed E-state index contributed by atoms with van der Waals surface area (Å²) < 4.78 is 10.5. The van der Waals surface area contributed by atoms with E-state index in [4.69, 9.17) is 9.47 Å². The molecular weight excluding hydrogens is 256 g/mol. The van der Waals surface area contributed by atoms with Crippen molar-refractivity contribution in [3.8, 4) is 17.2 Å². The zero-order valence-electron chi connectivity index (χ0n) is 11.2. The van der Waals surface area contributed by atoms with Crippen molar-refractivity contribution in [3.63, 3.8) is 0 Å². The van der Waals surface area contributed by atoms with Gasteiger partial charge in [-0.25, -0.2) is 0 Å². The minimum absolute atomic E-state index is 0.169. The number of hydrogen-bond donors (Lipinski definition) is 2. The maximum absolute atomic E-state index is 9.97. The first-order valence-corrected chi connectivity index (χ1v) is 6.49. The summed E-state index contributed by atoms with van der Waals surface area (Å²) in [5.41, 5.74) is 1.94. The lowest BCUT2D eigenvalue weighted by Crippen LogP contribution is -2.18. The third-order valence-corrected chi connectivity index (χ3v) is 3.38. The van der Waals surface area contributed by atoms with Crippen molar-refractivity contribution in [3.05, 3.63) is 47.8 Å². The molecule has 2 heterocycles. The molecule has 2 N–H and O–H groups in total. The van der Waals surface area contributed by atoms with Gasteiger partial charge in [0.25, 0.3) is 0 Å². The van der Waals surface area contributed by atoms with E-state index in [9.17, 15) is 5.11 Å². The lowest BCUT2D eigenvalue weighted by atomic mass is 10.1. The molecule has 0 fully saturated rings. The summed E-state index contributed by atoms with van der Waals surface area (Å²) in [6.07, 6.45) is 3.54. The Morgan fingerprint density at radius 3 is 2.70 bits per heavy atom. The summed E-state index contributed by atoms with van der Waals surface area (Å²) in [6.45, 7) is 2.82. The molecule has 0 saturated carbocycles. The molecule has 1 atom stereocenters. The van der Waals surface area contributed by atoms with Crippen LogP contribution in [0.1, 0.15) is 24.1 Å². The summed E-state index contributed by atoms with van der Waals surface area (Å²) in [6, 6.07) is 7.51. The predicted octanol–water partition coefficient (Wildman–Crippen LogP) is 2.37. The average Bonchev–Trinajstić information content (AvgIpc) is 2.92. The third-order valence-electron chi connectivity index (χ3n) is 3.38. The van der Waals surface area contributed by atoms with Crippen LogP contribution in [0, 0.1) is 0 Å². The number of nitrogens with zero attached hydrogens (tertiary/aromatic N) is 1. The molecular formula is C15H16N2O3. The van der Waals surface area contributed by atoms with Crippen molar-refractivity contribution in [2.45, 2.75) is 19.5 Å². The minimum atomic E-state index is 0.169. The smallest absolute Gasteiger partial charge is 0.231 e. The number of benzene rings is 1. The molecule has 1 aromatic carbocycles. The molecule has 0 amide bonds. The van der Waals surface area contributed by atoms with Crippen LogP contribution in [0.15, 0.2) is 36.7 Å². The summed E-state index contributed by atoms with van der Waals surface area (Å²) >= 11 is 0. The number of fused-ring (bicyclic) bond motifs is 1. The van der Waals surface area contributed by atoms with Gasteiger partial charge in [0, 0.05) is 36.6 Å². The molecule has 5 heteroatoms. The van der Waals surface area contributed by atoms with Crippen molar-refractivity contribution in [1.82, 2.24) is 10.3 Å². The van der Waals surface area contributed by atoms with Crippen LogP contribution in [0.4, 0.5) is 0 Å². The number of aromatic hydroxyl groups is 1. The Labute approximate surface area is 117 Å². The van der Waals surface area contributed by atoms with Crippen LogP contribution in [0.2, 0.25) is 0 Å². The number of phenolic OH excluding ortho intramolecular Hbond substituents is 1. The Balaban J connectivity index is 1.70. The van der Waals surface area contributed by atoms with E-state index >= 15 is 0 Å². The van der Waals surface area contributed by atoms with Crippen molar-refractivity contribution in [2.24, 2.45) is 0 Å². The molecule has 1 aliphatic heterocycles. The Kier molecular flexibility index (Phi) is 3.43. The Bertz CT molecular complexity index is 602. The van der Waals surface area contributed by atoms with Gasteiger partial charge < -0.3 is 19.9 Å². The molecule has 0 spiro atoms. The molecule has 104 valence electrons.